The molecule has 0 aromatic carbocycles. The maximum atomic E-state index is 4.17. The van der Waals surface area contributed by atoms with Crippen LogP contribution in [0.5, 0.6) is 0 Å². The SMILES string of the molecule is CN1CCCC(NCc2cncc(Br)c2)C1. The molecule has 2 heterocycles. The fourth-order valence-corrected chi connectivity index (χ4v) is 2.56. The molecule has 88 valence electrons. The second-order valence-corrected chi connectivity index (χ2v) is 5.41. The van der Waals surface area contributed by atoms with Crippen LogP contribution < -0.4 is 5.32 Å². The van der Waals surface area contributed by atoms with Crippen molar-refractivity contribution in [3.8, 4) is 0 Å². The van der Waals surface area contributed by atoms with Gasteiger partial charge in [0.2, 0.25) is 0 Å². The number of piperidine rings is 1. The molecule has 1 fully saturated rings. The number of aromatic nitrogens is 1. The zero-order valence-electron chi connectivity index (χ0n) is 9.62. The molecule has 1 aromatic rings. The summed E-state index contributed by atoms with van der Waals surface area (Å²) in [6.07, 6.45) is 6.32. The minimum absolute atomic E-state index is 0.623. The summed E-state index contributed by atoms with van der Waals surface area (Å²) in [5.41, 5.74) is 1.24. The summed E-state index contributed by atoms with van der Waals surface area (Å²) < 4.78 is 1.05. The van der Waals surface area contributed by atoms with Gasteiger partial charge in [0.05, 0.1) is 0 Å². The van der Waals surface area contributed by atoms with Gasteiger partial charge < -0.3 is 10.2 Å². The van der Waals surface area contributed by atoms with Crippen molar-refractivity contribution in [1.82, 2.24) is 15.2 Å². The van der Waals surface area contributed by atoms with Crippen LogP contribution in [0.3, 0.4) is 0 Å². The predicted octanol–water partition coefficient (Wildman–Crippen LogP) is 2.03. The zero-order valence-corrected chi connectivity index (χ0v) is 11.2. The van der Waals surface area contributed by atoms with Crippen LogP contribution in [-0.2, 0) is 6.54 Å². The molecule has 1 aromatic heterocycles. The maximum Gasteiger partial charge on any atom is 0.0410 e. The average Bonchev–Trinajstić information content (AvgIpc) is 2.27. The van der Waals surface area contributed by atoms with Gasteiger partial charge in [-0.2, -0.15) is 0 Å². The lowest BCUT2D eigenvalue weighted by Gasteiger charge is -2.30. The third kappa shape index (κ3) is 3.54. The fourth-order valence-electron chi connectivity index (χ4n) is 2.15. The molecule has 2 rings (SSSR count). The highest BCUT2D eigenvalue weighted by Crippen LogP contribution is 2.11. The monoisotopic (exact) mass is 283 g/mol. The molecule has 0 aliphatic carbocycles. The number of likely N-dealkylation sites (tertiary alicyclic amines) is 1. The van der Waals surface area contributed by atoms with E-state index in [4.69, 9.17) is 0 Å². The van der Waals surface area contributed by atoms with Gasteiger partial charge in [0, 0.05) is 36.0 Å². The maximum absolute atomic E-state index is 4.17. The van der Waals surface area contributed by atoms with E-state index in [9.17, 15) is 0 Å². The Labute approximate surface area is 105 Å². The second kappa shape index (κ2) is 5.75. The Morgan fingerprint density at radius 1 is 1.56 bits per heavy atom. The van der Waals surface area contributed by atoms with Gasteiger partial charge in [-0.05, 0) is 54.0 Å². The van der Waals surface area contributed by atoms with Crippen molar-refractivity contribution in [2.75, 3.05) is 20.1 Å². The minimum Gasteiger partial charge on any atom is -0.309 e. The third-order valence-corrected chi connectivity index (χ3v) is 3.41. The lowest BCUT2D eigenvalue weighted by Crippen LogP contribution is -2.43. The molecular formula is C12H18BrN3. The molecule has 1 saturated heterocycles. The van der Waals surface area contributed by atoms with Gasteiger partial charge in [-0.3, -0.25) is 4.98 Å². The fraction of sp³-hybridized carbons (Fsp3) is 0.583. The molecule has 0 saturated carbocycles. The first-order valence-electron chi connectivity index (χ1n) is 5.75. The summed E-state index contributed by atoms with van der Waals surface area (Å²) >= 11 is 3.44. The smallest absolute Gasteiger partial charge is 0.0410 e. The molecular weight excluding hydrogens is 266 g/mol. The molecule has 3 nitrogen and oxygen atoms in total. The van der Waals surface area contributed by atoms with Crippen LogP contribution in [0.25, 0.3) is 0 Å². The third-order valence-electron chi connectivity index (χ3n) is 2.98. The van der Waals surface area contributed by atoms with Crippen LogP contribution in [0.2, 0.25) is 0 Å². The molecule has 1 atom stereocenters. The first-order valence-corrected chi connectivity index (χ1v) is 6.55. The molecule has 1 N–H and O–H groups in total. The van der Waals surface area contributed by atoms with Crippen molar-refractivity contribution < 1.29 is 0 Å². The Bertz CT molecular complexity index is 343. The Morgan fingerprint density at radius 3 is 3.19 bits per heavy atom. The number of hydrogen-bond acceptors (Lipinski definition) is 3. The number of pyridine rings is 1. The van der Waals surface area contributed by atoms with Gasteiger partial charge in [0.15, 0.2) is 0 Å². The van der Waals surface area contributed by atoms with E-state index < -0.39 is 0 Å². The van der Waals surface area contributed by atoms with Crippen molar-refractivity contribution in [3.63, 3.8) is 0 Å². The Balaban J connectivity index is 1.82. The minimum atomic E-state index is 0.623. The summed E-state index contributed by atoms with van der Waals surface area (Å²) in [4.78, 5) is 6.55. The van der Waals surface area contributed by atoms with Crippen molar-refractivity contribution in [2.45, 2.75) is 25.4 Å². The first kappa shape index (κ1) is 12.0. The number of hydrogen-bond donors (Lipinski definition) is 1. The second-order valence-electron chi connectivity index (χ2n) is 4.49. The molecule has 1 aliphatic rings. The summed E-state index contributed by atoms with van der Waals surface area (Å²) in [5.74, 6) is 0. The van der Waals surface area contributed by atoms with Crippen molar-refractivity contribution in [3.05, 3.63) is 28.5 Å². The highest BCUT2D eigenvalue weighted by atomic mass is 79.9. The molecule has 0 bridgehead atoms. The molecule has 16 heavy (non-hydrogen) atoms. The number of likely N-dealkylation sites (N-methyl/N-ethyl adjacent to an activating group) is 1. The van der Waals surface area contributed by atoms with Gasteiger partial charge in [0.1, 0.15) is 0 Å². The van der Waals surface area contributed by atoms with Gasteiger partial charge in [-0.15, -0.1) is 0 Å². The number of nitrogens with zero attached hydrogens (tertiary/aromatic N) is 2. The van der Waals surface area contributed by atoms with E-state index in [1.54, 1.807) is 0 Å². The lowest BCUT2D eigenvalue weighted by atomic mass is 10.1. The van der Waals surface area contributed by atoms with Crippen LogP contribution in [0.15, 0.2) is 22.9 Å². The summed E-state index contributed by atoms with van der Waals surface area (Å²) in [7, 11) is 2.19. The van der Waals surface area contributed by atoms with Crippen LogP contribution in [0.4, 0.5) is 0 Å². The average molecular weight is 284 g/mol. The van der Waals surface area contributed by atoms with E-state index in [0.29, 0.717) is 6.04 Å². The Morgan fingerprint density at radius 2 is 2.44 bits per heavy atom. The molecule has 1 aliphatic heterocycles. The van der Waals surface area contributed by atoms with Crippen LogP contribution in [0, 0.1) is 0 Å². The van der Waals surface area contributed by atoms with E-state index >= 15 is 0 Å². The quantitative estimate of drug-likeness (QED) is 0.920. The number of halogens is 1. The standard InChI is InChI=1S/C12H18BrN3/c1-16-4-2-3-12(9-16)15-7-10-5-11(13)8-14-6-10/h5-6,8,12,15H,2-4,7,9H2,1H3. The molecule has 0 amide bonds. The van der Waals surface area contributed by atoms with Crippen LogP contribution in [-0.4, -0.2) is 36.1 Å². The van der Waals surface area contributed by atoms with Crippen molar-refractivity contribution >= 4 is 15.9 Å². The molecule has 4 heteroatoms. The Kier molecular flexibility index (Phi) is 4.32. The summed E-state index contributed by atoms with van der Waals surface area (Å²) in [6, 6.07) is 2.74. The normalized spacial score (nSPS) is 22.2. The highest BCUT2D eigenvalue weighted by molar-refractivity contribution is 9.10. The summed E-state index contributed by atoms with van der Waals surface area (Å²) in [5, 5.41) is 3.59. The van der Waals surface area contributed by atoms with E-state index in [0.717, 1.165) is 17.6 Å². The largest absolute Gasteiger partial charge is 0.309 e. The molecule has 0 spiro atoms. The van der Waals surface area contributed by atoms with Crippen molar-refractivity contribution in [1.29, 1.82) is 0 Å². The van der Waals surface area contributed by atoms with E-state index in [1.807, 2.05) is 12.4 Å². The van der Waals surface area contributed by atoms with Crippen LogP contribution >= 0.6 is 15.9 Å². The molecule has 1 unspecified atom stereocenters. The zero-order chi connectivity index (χ0) is 11.4. The Hall–Kier alpha value is -0.450. The first-order chi connectivity index (χ1) is 7.74. The van der Waals surface area contributed by atoms with Gasteiger partial charge >= 0.3 is 0 Å². The highest BCUT2D eigenvalue weighted by Gasteiger charge is 2.16. The van der Waals surface area contributed by atoms with Gasteiger partial charge in [0.25, 0.3) is 0 Å². The van der Waals surface area contributed by atoms with Gasteiger partial charge in [-0.25, -0.2) is 0 Å². The number of nitrogens with one attached hydrogen (secondary N) is 1. The lowest BCUT2D eigenvalue weighted by molar-refractivity contribution is 0.226. The van der Waals surface area contributed by atoms with E-state index in [2.05, 4.69) is 44.2 Å². The topological polar surface area (TPSA) is 28.2 Å². The predicted molar refractivity (Wildman–Crippen MR) is 69.3 cm³/mol. The van der Waals surface area contributed by atoms with Gasteiger partial charge in [-0.1, -0.05) is 0 Å². The van der Waals surface area contributed by atoms with Crippen molar-refractivity contribution in [2.24, 2.45) is 0 Å². The molecule has 0 radical (unpaired) electrons. The van der Waals surface area contributed by atoms with Crippen LogP contribution in [0.1, 0.15) is 18.4 Å². The van der Waals surface area contributed by atoms with E-state index in [-0.39, 0.29) is 0 Å². The van der Waals surface area contributed by atoms with E-state index in [1.165, 1.54) is 24.9 Å². The number of rotatable bonds is 3. The summed E-state index contributed by atoms with van der Waals surface area (Å²) in [6.45, 7) is 3.29.